The van der Waals surface area contributed by atoms with Gasteiger partial charge in [0.05, 0.1) is 15.8 Å². The lowest BCUT2D eigenvalue weighted by molar-refractivity contribution is 0.0228. The van der Waals surface area contributed by atoms with E-state index in [-0.39, 0.29) is 0 Å². The van der Waals surface area contributed by atoms with Gasteiger partial charge in [0.2, 0.25) is 0 Å². The number of nitrogens with zero attached hydrogens (tertiary/aromatic N) is 3. The summed E-state index contributed by atoms with van der Waals surface area (Å²) in [6.07, 6.45) is 1.95. The fourth-order valence-electron chi connectivity index (χ4n) is 3.62. The molecule has 2 N–H and O–H groups in total. The van der Waals surface area contributed by atoms with Gasteiger partial charge in [0, 0.05) is 44.3 Å². The normalized spacial score (nSPS) is 26.2. The summed E-state index contributed by atoms with van der Waals surface area (Å²) in [5.41, 5.74) is 0.466. The van der Waals surface area contributed by atoms with Gasteiger partial charge in [-0.1, -0.05) is 22.9 Å². The van der Waals surface area contributed by atoms with Gasteiger partial charge in [0.1, 0.15) is 0 Å². The molecule has 3 heterocycles. The van der Waals surface area contributed by atoms with Gasteiger partial charge in [-0.05, 0) is 37.6 Å². The van der Waals surface area contributed by atoms with Crippen molar-refractivity contribution in [3.8, 4) is 0 Å². The zero-order valence-corrected chi connectivity index (χ0v) is 15.2. The molecule has 0 bridgehead atoms. The Morgan fingerprint density at radius 3 is 3.04 bits per heavy atom. The number of nitrogens with one attached hydrogen (secondary N) is 1. The number of anilines is 1. The van der Waals surface area contributed by atoms with Crippen molar-refractivity contribution >= 4 is 38.3 Å². The van der Waals surface area contributed by atoms with Crippen LogP contribution < -0.4 is 10.2 Å². The summed E-state index contributed by atoms with van der Waals surface area (Å²) in [7, 11) is 0. The highest BCUT2D eigenvalue weighted by atomic mass is 35.5. The van der Waals surface area contributed by atoms with E-state index in [1.165, 1.54) is 0 Å². The number of β-amino-alcohol motifs (C(OH)–C–C–N with tert-alkyl or cyclic N) is 1. The number of aromatic nitrogens is 1. The second-order valence-electron chi connectivity index (χ2n) is 6.88. The number of aliphatic hydroxyl groups is 1. The minimum absolute atomic E-state index is 0.554. The zero-order chi connectivity index (χ0) is 16.6. The van der Waals surface area contributed by atoms with E-state index < -0.39 is 5.60 Å². The number of rotatable bonds is 3. The highest BCUT2D eigenvalue weighted by Crippen LogP contribution is 2.31. The molecule has 1 aromatic carbocycles. The lowest BCUT2D eigenvalue weighted by Gasteiger charge is -2.29. The van der Waals surface area contributed by atoms with Crippen molar-refractivity contribution in [2.24, 2.45) is 0 Å². The summed E-state index contributed by atoms with van der Waals surface area (Å²) in [5.74, 6) is 0. The van der Waals surface area contributed by atoms with Gasteiger partial charge in [0.15, 0.2) is 5.13 Å². The quantitative estimate of drug-likeness (QED) is 0.872. The summed E-state index contributed by atoms with van der Waals surface area (Å²) in [6.45, 7) is 6.38. The predicted molar refractivity (Wildman–Crippen MR) is 100 cm³/mol. The number of hydrogen-bond donors (Lipinski definition) is 2. The molecule has 0 amide bonds. The standard InChI is InChI=1S/C17H23ClN4OS/c18-13-2-3-14-15(10-13)24-16(20-14)22-7-1-6-21(8-9-22)12-17(23)4-5-19-11-17/h2-3,10,19,23H,1,4-9,11-12H2/t17-/m1/s1. The average molecular weight is 367 g/mol. The van der Waals surface area contributed by atoms with E-state index in [1.54, 1.807) is 11.3 Å². The highest BCUT2D eigenvalue weighted by Gasteiger charge is 2.33. The van der Waals surface area contributed by atoms with Crippen LogP contribution >= 0.6 is 22.9 Å². The molecular formula is C17H23ClN4OS. The average Bonchev–Trinajstić information content (AvgIpc) is 3.09. The van der Waals surface area contributed by atoms with Gasteiger partial charge in [0.25, 0.3) is 0 Å². The topological polar surface area (TPSA) is 51.6 Å². The first-order chi connectivity index (χ1) is 11.6. The Balaban J connectivity index is 1.43. The molecule has 0 spiro atoms. The second kappa shape index (κ2) is 6.77. The third-order valence-electron chi connectivity index (χ3n) is 4.94. The van der Waals surface area contributed by atoms with Crippen LogP contribution in [0.2, 0.25) is 5.02 Å². The third-order valence-corrected chi connectivity index (χ3v) is 6.25. The van der Waals surface area contributed by atoms with Crippen molar-refractivity contribution < 1.29 is 5.11 Å². The van der Waals surface area contributed by atoms with Gasteiger partial charge >= 0.3 is 0 Å². The van der Waals surface area contributed by atoms with Gasteiger partial charge in [-0.15, -0.1) is 0 Å². The van der Waals surface area contributed by atoms with Gasteiger partial charge in [-0.3, -0.25) is 4.90 Å². The Hall–Kier alpha value is -0.920. The fourth-order valence-corrected chi connectivity index (χ4v) is 4.92. The molecule has 4 rings (SSSR count). The number of hydrogen-bond acceptors (Lipinski definition) is 6. The highest BCUT2D eigenvalue weighted by molar-refractivity contribution is 7.22. The molecule has 24 heavy (non-hydrogen) atoms. The van der Waals surface area contributed by atoms with Crippen LogP contribution in [0.3, 0.4) is 0 Å². The van der Waals surface area contributed by atoms with Crippen molar-refractivity contribution in [3.63, 3.8) is 0 Å². The van der Waals surface area contributed by atoms with E-state index in [9.17, 15) is 5.11 Å². The van der Waals surface area contributed by atoms with E-state index in [2.05, 4.69) is 15.1 Å². The first kappa shape index (κ1) is 16.5. The first-order valence-corrected chi connectivity index (χ1v) is 9.77. The minimum atomic E-state index is -0.554. The van der Waals surface area contributed by atoms with Crippen molar-refractivity contribution in [2.45, 2.75) is 18.4 Å². The van der Waals surface area contributed by atoms with Crippen molar-refractivity contribution in [2.75, 3.05) is 50.7 Å². The molecule has 0 aliphatic carbocycles. The molecule has 5 nitrogen and oxygen atoms in total. The first-order valence-electron chi connectivity index (χ1n) is 8.58. The molecular weight excluding hydrogens is 344 g/mol. The molecule has 130 valence electrons. The zero-order valence-electron chi connectivity index (χ0n) is 13.7. The maximum absolute atomic E-state index is 10.6. The maximum atomic E-state index is 10.6. The summed E-state index contributed by atoms with van der Waals surface area (Å²) in [4.78, 5) is 9.54. The van der Waals surface area contributed by atoms with Crippen LogP contribution in [0.25, 0.3) is 10.2 Å². The third kappa shape index (κ3) is 3.53. The Labute approximate surface area is 151 Å². The number of halogens is 1. The molecule has 2 aromatic rings. The summed E-state index contributed by atoms with van der Waals surface area (Å²) < 4.78 is 1.14. The van der Waals surface area contributed by atoms with E-state index in [0.717, 1.165) is 72.5 Å². The van der Waals surface area contributed by atoms with Crippen LogP contribution in [0.15, 0.2) is 18.2 Å². The van der Waals surface area contributed by atoms with E-state index in [0.29, 0.717) is 6.54 Å². The van der Waals surface area contributed by atoms with Gasteiger partial charge < -0.3 is 15.3 Å². The number of fused-ring (bicyclic) bond motifs is 1. The van der Waals surface area contributed by atoms with E-state index >= 15 is 0 Å². The van der Waals surface area contributed by atoms with Crippen molar-refractivity contribution in [1.29, 1.82) is 0 Å². The van der Waals surface area contributed by atoms with Crippen LogP contribution in [-0.4, -0.2) is 66.4 Å². The monoisotopic (exact) mass is 366 g/mol. The lowest BCUT2D eigenvalue weighted by Crippen LogP contribution is -2.45. The van der Waals surface area contributed by atoms with E-state index in [4.69, 9.17) is 16.6 Å². The number of benzene rings is 1. The molecule has 2 saturated heterocycles. The van der Waals surface area contributed by atoms with Crippen LogP contribution in [-0.2, 0) is 0 Å². The largest absolute Gasteiger partial charge is 0.387 e. The Kier molecular flexibility index (Phi) is 4.66. The Bertz CT molecular complexity index is 716. The van der Waals surface area contributed by atoms with Crippen LogP contribution in [0, 0.1) is 0 Å². The molecule has 1 atom stereocenters. The van der Waals surface area contributed by atoms with Crippen molar-refractivity contribution in [3.05, 3.63) is 23.2 Å². The smallest absolute Gasteiger partial charge is 0.186 e. The van der Waals surface area contributed by atoms with Crippen LogP contribution in [0.4, 0.5) is 5.13 Å². The molecule has 2 aliphatic rings. The van der Waals surface area contributed by atoms with Crippen LogP contribution in [0.1, 0.15) is 12.8 Å². The van der Waals surface area contributed by atoms with Gasteiger partial charge in [-0.2, -0.15) is 0 Å². The predicted octanol–water partition coefficient (Wildman–Crippen LogP) is 2.19. The Morgan fingerprint density at radius 1 is 1.29 bits per heavy atom. The molecule has 2 aliphatic heterocycles. The molecule has 2 fully saturated rings. The number of thiazole rings is 1. The molecule has 1 aromatic heterocycles. The van der Waals surface area contributed by atoms with E-state index in [1.807, 2.05) is 18.2 Å². The molecule has 0 saturated carbocycles. The second-order valence-corrected chi connectivity index (χ2v) is 8.32. The molecule has 7 heteroatoms. The van der Waals surface area contributed by atoms with Crippen LogP contribution in [0.5, 0.6) is 0 Å². The SMILES string of the molecule is O[C@]1(CN2CCCN(c3nc4ccc(Cl)cc4s3)CC2)CCNC1. The Morgan fingerprint density at radius 2 is 2.21 bits per heavy atom. The lowest BCUT2D eigenvalue weighted by atomic mass is 10.0. The minimum Gasteiger partial charge on any atom is -0.387 e. The van der Waals surface area contributed by atoms with Crippen molar-refractivity contribution in [1.82, 2.24) is 15.2 Å². The molecule has 0 unspecified atom stereocenters. The summed E-state index contributed by atoms with van der Waals surface area (Å²) in [6, 6.07) is 5.88. The van der Waals surface area contributed by atoms with Gasteiger partial charge in [-0.25, -0.2) is 4.98 Å². The maximum Gasteiger partial charge on any atom is 0.186 e. The summed E-state index contributed by atoms with van der Waals surface area (Å²) in [5, 5.41) is 15.7. The molecule has 0 radical (unpaired) electrons. The summed E-state index contributed by atoms with van der Waals surface area (Å²) >= 11 is 7.80. The fraction of sp³-hybridized carbons (Fsp3) is 0.588.